The molecule has 3 nitrogen and oxygen atoms in total. The Labute approximate surface area is 152 Å². The third kappa shape index (κ3) is 3.25. The van der Waals surface area contributed by atoms with Crippen LogP contribution in [0.1, 0.15) is 20.8 Å². The van der Waals surface area contributed by atoms with Gasteiger partial charge in [0.05, 0.1) is 0 Å². The van der Waals surface area contributed by atoms with Crippen molar-refractivity contribution in [2.75, 3.05) is 4.90 Å². The molecule has 1 N–H and O–H groups in total. The fourth-order valence-electron chi connectivity index (χ4n) is 2.48. The second kappa shape index (κ2) is 6.07. The average molecular weight is 410 g/mol. The lowest BCUT2D eigenvalue weighted by Gasteiger charge is -2.33. The van der Waals surface area contributed by atoms with Crippen molar-refractivity contribution in [3.05, 3.63) is 40.9 Å². The maximum Gasteiger partial charge on any atom is 0.412 e. The summed E-state index contributed by atoms with van der Waals surface area (Å²) in [5, 5.41) is 9.57. The molecule has 23 heavy (non-hydrogen) atoms. The quantitative estimate of drug-likeness (QED) is 0.508. The van der Waals surface area contributed by atoms with Crippen molar-refractivity contribution < 1.29 is 9.90 Å². The van der Waals surface area contributed by atoms with Gasteiger partial charge >= 0.3 is 6.09 Å². The maximum absolute atomic E-state index is 11.7. The number of fused-ring (bicyclic) bond motifs is 2. The van der Waals surface area contributed by atoms with Crippen molar-refractivity contribution in [2.45, 2.75) is 45.9 Å². The van der Waals surface area contributed by atoms with Gasteiger partial charge in [0, 0.05) is 35.3 Å². The highest BCUT2D eigenvalue weighted by molar-refractivity contribution is 9.10. The molecule has 0 aliphatic carbocycles. The van der Waals surface area contributed by atoms with Gasteiger partial charge in [-0.05, 0) is 67.0 Å². The van der Waals surface area contributed by atoms with Crippen molar-refractivity contribution in [3.8, 4) is 0 Å². The number of nitrogens with zero attached hydrogens (tertiary/aromatic N) is 1. The van der Waals surface area contributed by atoms with Gasteiger partial charge < -0.3 is 5.11 Å². The Hall–Kier alpha value is -1.11. The van der Waals surface area contributed by atoms with Crippen LogP contribution in [-0.2, 0) is 0 Å². The molecule has 0 aromatic heterocycles. The Morgan fingerprint density at radius 3 is 2.48 bits per heavy atom. The predicted octanol–water partition coefficient (Wildman–Crippen LogP) is 6.35. The van der Waals surface area contributed by atoms with Crippen molar-refractivity contribution in [1.29, 1.82) is 0 Å². The number of halogens is 1. The minimum atomic E-state index is -0.936. The fourth-order valence-corrected chi connectivity index (χ4v) is 5.51. The zero-order valence-corrected chi connectivity index (χ0v) is 16.2. The van der Waals surface area contributed by atoms with Gasteiger partial charge in [0.15, 0.2) is 0 Å². The second-order valence-corrected chi connectivity index (χ2v) is 9.18. The van der Waals surface area contributed by atoms with E-state index in [0.717, 1.165) is 14.3 Å². The van der Waals surface area contributed by atoms with E-state index >= 15 is 0 Å². The molecule has 3 rings (SSSR count). The van der Waals surface area contributed by atoms with E-state index < -0.39 is 11.6 Å². The summed E-state index contributed by atoms with van der Waals surface area (Å²) in [5.41, 5.74) is 0.211. The standard InChI is InChI=1S/C17H16BrNO2S2/c1-17(2,3)19(16(20)21)10-7-8-12-14(9-10)22-13-6-4-5-11(18)15(13)23-12/h4-9H,1-3H3,(H,20,21). The van der Waals surface area contributed by atoms with Gasteiger partial charge in [-0.1, -0.05) is 29.6 Å². The topological polar surface area (TPSA) is 40.5 Å². The van der Waals surface area contributed by atoms with E-state index in [0.29, 0.717) is 5.69 Å². The lowest BCUT2D eigenvalue weighted by atomic mass is 10.1. The maximum atomic E-state index is 11.7. The van der Waals surface area contributed by atoms with Crippen molar-refractivity contribution >= 4 is 51.2 Å². The molecule has 0 atom stereocenters. The smallest absolute Gasteiger partial charge is 0.412 e. The van der Waals surface area contributed by atoms with Crippen LogP contribution >= 0.6 is 39.5 Å². The van der Waals surface area contributed by atoms with Gasteiger partial charge in [-0.25, -0.2) is 4.79 Å². The van der Waals surface area contributed by atoms with Crippen LogP contribution in [0.3, 0.4) is 0 Å². The number of carboxylic acid groups (broad SMARTS) is 1. The van der Waals surface area contributed by atoms with E-state index in [2.05, 4.69) is 22.0 Å². The van der Waals surface area contributed by atoms with Crippen LogP contribution in [-0.4, -0.2) is 16.7 Å². The lowest BCUT2D eigenvalue weighted by molar-refractivity contribution is 0.195. The van der Waals surface area contributed by atoms with E-state index in [1.54, 1.807) is 23.5 Å². The molecule has 0 radical (unpaired) electrons. The molecule has 0 saturated heterocycles. The number of hydrogen-bond acceptors (Lipinski definition) is 3. The first-order valence-electron chi connectivity index (χ1n) is 7.09. The number of hydrogen-bond donors (Lipinski definition) is 1. The normalized spacial score (nSPS) is 13.2. The van der Waals surface area contributed by atoms with E-state index in [-0.39, 0.29) is 0 Å². The van der Waals surface area contributed by atoms with Crippen LogP contribution in [0.15, 0.2) is 60.5 Å². The van der Waals surface area contributed by atoms with Gasteiger partial charge in [-0.2, -0.15) is 0 Å². The summed E-state index contributed by atoms with van der Waals surface area (Å²) in [6.45, 7) is 5.69. The van der Waals surface area contributed by atoms with Crippen molar-refractivity contribution in [3.63, 3.8) is 0 Å². The molecule has 0 bridgehead atoms. The van der Waals surface area contributed by atoms with E-state index in [9.17, 15) is 9.90 Å². The summed E-state index contributed by atoms with van der Waals surface area (Å²) in [6.07, 6.45) is -0.936. The van der Waals surface area contributed by atoms with Crippen LogP contribution in [0.4, 0.5) is 10.5 Å². The van der Waals surface area contributed by atoms with Crippen LogP contribution in [0.5, 0.6) is 0 Å². The SMILES string of the molecule is CC(C)(C)N(C(=O)O)c1ccc2c(c1)Sc1cccc(Br)c1S2. The summed E-state index contributed by atoms with van der Waals surface area (Å²) in [7, 11) is 0. The highest BCUT2D eigenvalue weighted by Gasteiger charge is 2.29. The molecule has 0 saturated carbocycles. The largest absolute Gasteiger partial charge is 0.465 e. The predicted molar refractivity (Wildman–Crippen MR) is 99.1 cm³/mol. The third-order valence-corrected chi connectivity index (χ3v) is 6.93. The monoisotopic (exact) mass is 409 g/mol. The Kier molecular flexibility index (Phi) is 4.42. The molecule has 0 unspecified atom stereocenters. The molecular formula is C17H16BrNO2S2. The van der Waals surface area contributed by atoms with Gasteiger partial charge in [0.2, 0.25) is 0 Å². The third-order valence-electron chi connectivity index (χ3n) is 3.41. The first-order valence-corrected chi connectivity index (χ1v) is 9.51. The van der Waals surface area contributed by atoms with E-state index in [4.69, 9.17) is 0 Å². The minimum absolute atomic E-state index is 0.493. The van der Waals surface area contributed by atoms with Crippen molar-refractivity contribution in [1.82, 2.24) is 0 Å². The zero-order chi connectivity index (χ0) is 16.8. The summed E-state index contributed by atoms with van der Waals surface area (Å²) in [4.78, 5) is 17.7. The Balaban J connectivity index is 2.02. The average Bonchev–Trinajstić information content (AvgIpc) is 2.44. The zero-order valence-electron chi connectivity index (χ0n) is 13.0. The highest BCUT2D eigenvalue weighted by Crippen LogP contribution is 2.51. The van der Waals surface area contributed by atoms with Crippen molar-refractivity contribution in [2.24, 2.45) is 0 Å². The van der Waals surface area contributed by atoms with E-state index in [1.165, 1.54) is 14.7 Å². The summed E-state index contributed by atoms with van der Waals surface area (Å²) in [5.74, 6) is 0. The first kappa shape index (κ1) is 16.7. The molecule has 1 heterocycles. The van der Waals surface area contributed by atoms with Gasteiger partial charge in [-0.15, -0.1) is 0 Å². The van der Waals surface area contributed by atoms with Gasteiger partial charge in [0.1, 0.15) is 0 Å². The van der Waals surface area contributed by atoms with Gasteiger partial charge in [-0.3, -0.25) is 4.90 Å². The van der Waals surface area contributed by atoms with Crippen LogP contribution < -0.4 is 4.90 Å². The molecule has 2 aromatic carbocycles. The Bertz CT molecular complexity index is 787. The first-order chi connectivity index (χ1) is 10.8. The molecule has 1 aliphatic heterocycles. The van der Waals surface area contributed by atoms with Crippen LogP contribution in [0.2, 0.25) is 0 Å². The lowest BCUT2D eigenvalue weighted by Crippen LogP contribution is -2.45. The molecule has 1 aliphatic rings. The van der Waals surface area contributed by atoms with Crippen LogP contribution in [0, 0.1) is 0 Å². The minimum Gasteiger partial charge on any atom is -0.465 e. The fraction of sp³-hybridized carbons (Fsp3) is 0.235. The summed E-state index contributed by atoms with van der Waals surface area (Å²) in [6, 6.07) is 12.0. The molecular weight excluding hydrogens is 394 g/mol. The number of benzene rings is 2. The summed E-state index contributed by atoms with van der Waals surface area (Å²) < 4.78 is 1.09. The highest BCUT2D eigenvalue weighted by atomic mass is 79.9. The second-order valence-electron chi connectivity index (χ2n) is 6.19. The number of anilines is 1. The molecule has 120 valence electrons. The molecule has 0 fully saturated rings. The molecule has 1 amide bonds. The molecule has 6 heteroatoms. The number of amides is 1. The Morgan fingerprint density at radius 2 is 1.83 bits per heavy atom. The molecule has 2 aromatic rings. The van der Waals surface area contributed by atoms with Crippen LogP contribution in [0.25, 0.3) is 0 Å². The number of carbonyl (C=O) groups is 1. The molecule has 0 spiro atoms. The summed E-state index contributed by atoms with van der Waals surface area (Å²) >= 11 is 6.99. The van der Waals surface area contributed by atoms with Gasteiger partial charge in [0.25, 0.3) is 0 Å². The number of rotatable bonds is 1. The Morgan fingerprint density at radius 1 is 1.09 bits per heavy atom. The van der Waals surface area contributed by atoms with E-state index in [1.807, 2.05) is 51.1 Å².